The third-order valence-electron chi connectivity index (χ3n) is 8.96. The number of carbonyl (C=O) groups is 1. The van der Waals surface area contributed by atoms with Crippen LogP contribution in [0.25, 0.3) is 23.0 Å². The lowest BCUT2D eigenvalue weighted by Gasteiger charge is -2.35. The van der Waals surface area contributed by atoms with Gasteiger partial charge in [-0.1, -0.05) is 0 Å². The number of carbonyl (C=O) groups excluding carboxylic acids is 1. The van der Waals surface area contributed by atoms with Crippen molar-refractivity contribution < 1.29 is 31.1 Å². The Morgan fingerprint density at radius 3 is 2.33 bits per heavy atom. The largest absolute Gasteiger partial charge is 0.465 e. The molecule has 12 nitrogen and oxygen atoms in total. The standard InChI is InChI=1S/C30H37F2N7O5S/c1-4-43-27(40)20(3)45(41,42)37-21-5-6-22(24(18-21)38-13-9-29(7-8-29)10-14-38)25-35-36-26(44-25)23-17-19(2)33-28(34-23)39-15-11-30(31,32)12-16-39/h5-6,17-18,20,37H,4,7-16H2,1-3H3. The van der Waals surface area contributed by atoms with E-state index in [1.807, 2.05) is 0 Å². The molecule has 1 aromatic carbocycles. The van der Waals surface area contributed by atoms with Gasteiger partial charge >= 0.3 is 5.97 Å². The van der Waals surface area contributed by atoms with Gasteiger partial charge in [0.25, 0.3) is 11.8 Å². The van der Waals surface area contributed by atoms with Gasteiger partial charge < -0.3 is 19.0 Å². The molecule has 2 aliphatic heterocycles. The second kappa shape index (κ2) is 11.8. The summed E-state index contributed by atoms with van der Waals surface area (Å²) in [6.07, 6.45) is 3.99. The Balaban J connectivity index is 1.29. The average Bonchev–Trinajstić information content (AvgIpc) is 3.56. The molecule has 0 radical (unpaired) electrons. The van der Waals surface area contributed by atoms with Crippen molar-refractivity contribution in [2.45, 2.75) is 70.5 Å². The number of nitrogens with zero attached hydrogens (tertiary/aromatic N) is 6. The highest BCUT2D eigenvalue weighted by molar-refractivity contribution is 7.94. The lowest BCUT2D eigenvalue weighted by atomic mass is 9.93. The molecule has 6 rings (SSSR count). The maximum Gasteiger partial charge on any atom is 0.325 e. The van der Waals surface area contributed by atoms with Crippen molar-refractivity contribution in [3.8, 4) is 23.0 Å². The normalized spacial score (nSPS) is 19.8. The fraction of sp³-hybridized carbons (Fsp3) is 0.567. The van der Waals surface area contributed by atoms with Gasteiger partial charge in [0.2, 0.25) is 21.9 Å². The van der Waals surface area contributed by atoms with Crippen molar-refractivity contribution in [1.82, 2.24) is 20.2 Å². The Labute approximate surface area is 260 Å². The number of benzene rings is 1. The maximum atomic E-state index is 13.7. The molecule has 3 fully saturated rings. The van der Waals surface area contributed by atoms with Gasteiger partial charge in [-0.2, -0.15) is 0 Å². The summed E-state index contributed by atoms with van der Waals surface area (Å²) in [4.78, 5) is 25.1. The average molecular weight is 646 g/mol. The van der Waals surface area contributed by atoms with E-state index in [4.69, 9.17) is 9.15 Å². The van der Waals surface area contributed by atoms with Gasteiger partial charge in [-0.25, -0.2) is 27.2 Å². The minimum Gasteiger partial charge on any atom is -0.465 e. The van der Waals surface area contributed by atoms with Crippen LogP contribution in [-0.2, 0) is 19.6 Å². The predicted molar refractivity (Wildman–Crippen MR) is 164 cm³/mol. The first kappa shape index (κ1) is 31.1. The minimum atomic E-state index is -4.08. The van der Waals surface area contributed by atoms with Crippen molar-refractivity contribution in [1.29, 1.82) is 0 Å². The third kappa shape index (κ3) is 6.72. The Morgan fingerprint density at radius 1 is 1.00 bits per heavy atom. The molecule has 1 unspecified atom stereocenters. The fourth-order valence-electron chi connectivity index (χ4n) is 5.85. The number of aromatic nitrogens is 4. The van der Waals surface area contributed by atoms with Gasteiger partial charge in [-0.05, 0) is 76.1 Å². The van der Waals surface area contributed by atoms with Crippen LogP contribution in [0.1, 0.15) is 58.1 Å². The van der Waals surface area contributed by atoms with E-state index >= 15 is 0 Å². The van der Waals surface area contributed by atoms with Crippen LogP contribution in [0.4, 0.5) is 26.1 Å². The van der Waals surface area contributed by atoms with E-state index in [1.165, 1.54) is 19.8 Å². The first-order valence-electron chi connectivity index (χ1n) is 15.3. The van der Waals surface area contributed by atoms with Crippen LogP contribution in [0, 0.1) is 12.3 Å². The van der Waals surface area contributed by atoms with Crippen molar-refractivity contribution in [2.75, 3.05) is 47.3 Å². The monoisotopic (exact) mass is 645 g/mol. The zero-order chi connectivity index (χ0) is 32.0. The van der Waals surface area contributed by atoms with E-state index in [-0.39, 0.29) is 44.3 Å². The first-order chi connectivity index (χ1) is 21.4. The van der Waals surface area contributed by atoms with Crippen molar-refractivity contribution in [3.63, 3.8) is 0 Å². The summed E-state index contributed by atoms with van der Waals surface area (Å²) in [5.74, 6) is -2.82. The highest BCUT2D eigenvalue weighted by Gasteiger charge is 2.45. The molecule has 1 N–H and O–H groups in total. The van der Waals surface area contributed by atoms with Gasteiger partial charge in [0.1, 0.15) is 5.69 Å². The van der Waals surface area contributed by atoms with Gasteiger partial charge in [0.15, 0.2) is 5.25 Å². The molecule has 3 aromatic rings. The number of alkyl halides is 2. The summed E-state index contributed by atoms with van der Waals surface area (Å²) in [5, 5.41) is 7.16. The lowest BCUT2D eigenvalue weighted by Crippen LogP contribution is -2.40. The second-order valence-electron chi connectivity index (χ2n) is 12.2. The van der Waals surface area contributed by atoms with Crippen LogP contribution in [-0.4, -0.2) is 78.5 Å². The Morgan fingerprint density at radius 2 is 1.67 bits per heavy atom. The Bertz CT molecular complexity index is 1680. The minimum absolute atomic E-state index is 0.0766. The van der Waals surface area contributed by atoms with E-state index in [2.05, 4.69) is 29.8 Å². The van der Waals surface area contributed by atoms with E-state index in [9.17, 15) is 22.0 Å². The Kier molecular flexibility index (Phi) is 8.16. The first-order valence-corrected chi connectivity index (χ1v) is 16.8. The van der Waals surface area contributed by atoms with Gasteiger partial charge in [-0.3, -0.25) is 9.52 Å². The predicted octanol–water partition coefficient (Wildman–Crippen LogP) is 4.81. The summed E-state index contributed by atoms with van der Waals surface area (Å²) in [6.45, 7) is 6.61. The van der Waals surface area contributed by atoms with Crippen LogP contribution in [0.5, 0.6) is 0 Å². The molecule has 15 heteroatoms. The highest BCUT2D eigenvalue weighted by atomic mass is 32.2. The number of esters is 1. The summed E-state index contributed by atoms with van der Waals surface area (Å²) >= 11 is 0. The van der Waals surface area contributed by atoms with Gasteiger partial charge in [0.05, 0.1) is 23.5 Å². The van der Waals surface area contributed by atoms with Gasteiger partial charge in [-0.15, -0.1) is 10.2 Å². The molecule has 3 aliphatic rings. The number of piperidine rings is 2. The van der Waals surface area contributed by atoms with E-state index in [0.29, 0.717) is 34.0 Å². The maximum absolute atomic E-state index is 13.7. The molecule has 1 saturated carbocycles. The zero-order valence-electron chi connectivity index (χ0n) is 25.6. The summed E-state index contributed by atoms with van der Waals surface area (Å²) in [6, 6.07) is 6.72. The number of nitrogens with one attached hydrogen (secondary N) is 1. The van der Waals surface area contributed by atoms with Crippen LogP contribution in [0.2, 0.25) is 0 Å². The van der Waals surface area contributed by atoms with E-state index in [0.717, 1.165) is 31.6 Å². The molecule has 4 heterocycles. The number of ether oxygens (including phenoxy) is 1. The van der Waals surface area contributed by atoms with Crippen LogP contribution in [0.3, 0.4) is 0 Å². The smallest absolute Gasteiger partial charge is 0.325 e. The number of anilines is 3. The van der Waals surface area contributed by atoms with Crippen molar-refractivity contribution in [2.24, 2.45) is 5.41 Å². The molecular weight excluding hydrogens is 608 g/mol. The molecule has 1 spiro atoms. The molecule has 2 aromatic heterocycles. The van der Waals surface area contributed by atoms with Crippen molar-refractivity contribution >= 4 is 33.3 Å². The second-order valence-corrected chi connectivity index (χ2v) is 14.2. The summed E-state index contributed by atoms with van der Waals surface area (Å²) in [7, 11) is -4.08. The lowest BCUT2D eigenvalue weighted by molar-refractivity contribution is -0.142. The van der Waals surface area contributed by atoms with E-state index in [1.54, 1.807) is 43.0 Å². The van der Waals surface area contributed by atoms with Crippen LogP contribution < -0.4 is 14.5 Å². The van der Waals surface area contributed by atoms with E-state index < -0.39 is 27.2 Å². The molecule has 1 aliphatic carbocycles. The molecular formula is C30H37F2N7O5S. The third-order valence-corrected chi connectivity index (χ3v) is 10.6. The Hall–Kier alpha value is -3.88. The van der Waals surface area contributed by atoms with Crippen molar-refractivity contribution in [3.05, 3.63) is 30.0 Å². The SMILES string of the molecule is CCOC(=O)C(C)S(=O)(=O)Nc1ccc(-c2nnc(-c3cc(C)nc(N4CCC(F)(F)CC4)n3)o2)c(N2CCC3(CC2)CC3)c1. The number of sulfonamides is 1. The molecule has 0 bridgehead atoms. The van der Waals surface area contributed by atoms with Crippen LogP contribution >= 0.6 is 0 Å². The number of rotatable bonds is 9. The summed E-state index contributed by atoms with van der Waals surface area (Å²) < 4.78 is 67.0. The topological polar surface area (TPSA) is 144 Å². The molecule has 45 heavy (non-hydrogen) atoms. The van der Waals surface area contributed by atoms with Crippen LogP contribution in [0.15, 0.2) is 28.7 Å². The number of halogens is 2. The molecule has 0 amide bonds. The molecule has 1 atom stereocenters. The number of aryl methyl sites for hydroxylation is 1. The fourth-order valence-corrected chi connectivity index (χ4v) is 6.80. The van der Waals surface area contributed by atoms with Gasteiger partial charge in [0, 0.05) is 44.7 Å². The summed E-state index contributed by atoms with van der Waals surface area (Å²) in [5.41, 5.74) is 3.05. The highest BCUT2D eigenvalue weighted by Crippen LogP contribution is 2.54. The number of hydrogen-bond acceptors (Lipinski definition) is 11. The molecule has 2 saturated heterocycles. The quantitative estimate of drug-likeness (QED) is 0.320. The molecule has 242 valence electrons. The number of hydrogen-bond donors (Lipinski definition) is 1. The zero-order valence-corrected chi connectivity index (χ0v) is 26.4.